The summed E-state index contributed by atoms with van der Waals surface area (Å²) in [6.45, 7) is 0.0846. The molecule has 0 unspecified atom stereocenters. The molecule has 94 valence electrons. The number of carbonyl (C=O) groups is 1. The average Bonchev–Trinajstić information content (AvgIpc) is 2.69. The molecule has 0 saturated heterocycles. The molecule has 0 spiro atoms. The van der Waals surface area contributed by atoms with Gasteiger partial charge in [-0.1, -0.05) is 23.2 Å². The number of anilines is 1. The first-order valence-corrected chi connectivity index (χ1v) is 6.63. The minimum absolute atomic E-state index is 0.0846. The van der Waals surface area contributed by atoms with Crippen molar-refractivity contribution in [3.63, 3.8) is 0 Å². The molecule has 1 aromatic carbocycles. The van der Waals surface area contributed by atoms with Crippen LogP contribution in [0.4, 0.5) is 5.69 Å². The lowest BCUT2D eigenvalue weighted by Gasteiger charge is -2.07. The molecule has 0 saturated carbocycles. The zero-order valence-electron chi connectivity index (χ0n) is 9.11. The van der Waals surface area contributed by atoms with Gasteiger partial charge in [-0.25, -0.2) is 0 Å². The van der Waals surface area contributed by atoms with E-state index in [0.717, 1.165) is 0 Å². The van der Waals surface area contributed by atoms with Gasteiger partial charge in [0.2, 0.25) is 5.91 Å². The molecule has 0 aliphatic heterocycles. The molecule has 2 N–H and O–H groups in total. The average molecular weight is 302 g/mol. The number of aromatic nitrogens is 1. The SMILES string of the molecule is N=c1sccn1CC(=O)Nc1ccc(Cl)cc1Cl. The molecule has 0 atom stereocenters. The molecule has 4 nitrogen and oxygen atoms in total. The molecule has 7 heteroatoms. The Morgan fingerprint density at radius 1 is 1.44 bits per heavy atom. The number of carbonyl (C=O) groups excluding carboxylic acids is 1. The van der Waals surface area contributed by atoms with E-state index >= 15 is 0 Å². The number of nitrogens with zero attached hydrogens (tertiary/aromatic N) is 1. The van der Waals surface area contributed by atoms with Gasteiger partial charge in [-0.15, -0.1) is 11.3 Å². The predicted octanol–water partition coefficient (Wildman–Crippen LogP) is 2.97. The van der Waals surface area contributed by atoms with Gasteiger partial charge in [-0.2, -0.15) is 0 Å². The van der Waals surface area contributed by atoms with E-state index in [1.165, 1.54) is 11.3 Å². The van der Waals surface area contributed by atoms with E-state index in [0.29, 0.717) is 20.5 Å². The number of benzene rings is 1. The maximum atomic E-state index is 11.8. The molecule has 1 aromatic heterocycles. The van der Waals surface area contributed by atoms with Crippen molar-refractivity contribution in [3.05, 3.63) is 44.6 Å². The lowest BCUT2D eigenvalue weighted by molar-refractivity contribution is -0.116. The van der Waals surface area contributed by atoms with Gasteiger partial charge in [0.1, 0.15) is 6.54 Å². The summed E-state index contributed by atoms with van der Waals surface area (Å²) in [6.07, 6.45) is 1.69. The minimum atomic E-state index is -0.240. The molecular formula is C11H9Cl2N3OS. The highest BCUT2D eigenvalue weighted by Crippen LogP contribution is 2.25. The lowest BCUT2D eigenvalue weighted by atomic mass is 10.3. The Morgan fingerprint density at radius 3 is 2.83 bits per heavy atom. The molecule has 2 aromatic rings. The Labute approximate surface area is 117 Å². The van der Waals surface area contributed by atoms with Crippen molar-refractivity contribution in [2.24, 2.45) is 0 Å². The van der Waals surface area contributed by atoms with Crippen molar-refractivity contribution in [2.45, 2.75) is 6.54 Å². The van der Waals surface area contributed by atoms with Gasteiger partial charge in [0.05, 0.1) is 10.7 Å². The number of hydrogen-bond acceptors (Lipinski definition) is 3. The molecule has 0 bridgehead atoms. The zero-order valence-corrected chi connectivity index (χ0v) is 11.4. The number of amides is 1. The van der Waals surface area contributed by atoms with Crippen molar-refractivity contribution in [3.8, 4) is 0 Å². The highest BCUT2D eigenvalue weighted by molar-refractivity contribution is 7.06. The second kappa shape index (κ2) is 5.56. The van der Waals surface area contributed by atoms with E-state index in [9.17, 15) is 4.79 Å². The summed E-state index contributed by atoms with van der Waals surface area (Å²) in [5, 5.41) is 12.9. The molecular weight excluding hydrogens is 293 g/mol. The van der Waals surface area contributed by atoms with Crippen molar-refractivity contribution in [1.82, 2.24) is 4.57 Å². The van der Waals surface area contributed by atoms with Crippen LogP contribution in [0.3, 0.4) is 0 Å². The van der Waals surface area contributed by atoms with Gasteiger partial charge in [0.15, 0.2) is 4.80 Å². The highest BCUT2D eigenvalue weighted by atomic mass is 35.5. The smallest absolute Gasteiger partial charge is 0.244 e. The van der Waals surface area contributed by atoms with Crippen LogP contribution in [0, 0.1) is 5.41 Å². The van der Waals surface area contributed by atoms with Crippen LogP contribution in [0.1, 0.15) is 0 Å². The summed E-state index contributed by atoms with van der Waals surface area (Å²) in [7, 11) is 0. The maximum Gasteiger partial charge on any atom is 0.244 e. The van der Waals surface area contributed by atoms with Crippen molar-refractivity contribution in [1.29, 1.82) is 5.41 Å². The van der Waals surface area contributed by atoms with E-state index in [-0.39, 0.29) is 12.5 Å². The number of thiazole rings is 1. The molecule has 0 fully saturated rings. The van der Waals surface area contributed by atoms with Gasteiger partial charge in [-0.05, 0) is 18.2 Å². The van der Waals surface area contributed by atoms with Crippen molar-refractivity contribution in [2.75, 3.05) is 5.32 Å². The first-order chi connectivity index (χ1) is 8.56. The summed E-state index contributed by atoms with van der Waals surface area (Å²) in [5.41, 5.74) is 0.508. The fourth-order valence-corrected chi connectivity index (χ4v) is 2.42. The normalized spacial score (nSPS) is 10.3. The van der Waals surface area contributed by atoms with Crippen LogP contribution in [-0.4, -0.2) is 10.5 Å². The van der Waals surface area contributed by atoms with Gasteiger partial charge < -0.3 is 9.88 Å². The van der Waals surface area contributed by atoms with Crippen LogP contribution in [0.15, 0.2) is 29.8 Å². The minimum Gasteiger partial charge on any atom is -0.323 e. The summed E-state index contributed by atoms with van der Waals surface area (Å²) in [6, 6.07) is 4.85. The van der Waals surface area contributed by atoms with Crippen LogP contribution >= 0.6 is 34.5 Å². The van der Waals surface area contributed by atoms with Crippen molar-refractivity contribution >= 4 is 46.1 Å². The molecule has 0 aliphatic rings. The summed E-state index contributed by atoms with van der Waals surface area (Å²) in [5.74, 6) is -0.240. The van der Waals surface area contributed by atoms with E-state index in [1.54, 1.807) is 34.3 Å². The first kappa shape index (κ1) is 13.1. The monoisotopic (exact) mass is 301 g/mol. The number of rotatable bonds is 3. The van der Waals surface area contributed by atoms with E-state index in [4.69, 9.17) is 28.6 Å². The fourth-order valence-electron chi connectivity index (χ4n) is 1.36. The van der Waals surface area contributed by atoms with Crippen molar-refractivity contribution < 1.29 is 4.79 Å². The van der Waals surface area contributed by atoms with Crippen LogP contribution < -0.4 is 10.1 Å². The van der Waals surface area contributed by atoms with Gasteiger partial charge in [-0.3, -0.25) is 10.2 Å². The second-order valence-electron chi connectivity index (χ2n) is 3.51. The number of nitrogens with one attached hydrogen (secondary N) is 2. The van der Waals surface area contributed by atoms with Gasteiger partial charge >= 0.3 is 0 Å². The standard InChI is InChI=1S/C11H9Cl2N3OS/c12-7-1-2-9(8(13)5-7)15-10(17)6-16-3-4-18-11(16)14/h1-5,14H,6H2,(H,15,17). The Kier molecular flexibility index (Phi) is 4.06. The third kappa shape index (κ3) is 3.13. The number of hydrogen-bond donors (Lipinski definition) is 2. The van der Waals surface area contributed by atoms with Crippen LogP contribution in [-0.2, 0) is 11.3 Å². The Morgan fingerprint density at radius 2 is 2.22 bits per heavy atom. The predicted molar refractivity (Wildman–Crippen MR) is 73.3 cm³/mol. The van der Waals surface area contributed by atoms with Gasteiger partial charge in [0.25, 0.3) is 0 Å². The topological polar surface area (TPSA) is 57.9 Å². The quantitative estimate of drug-likeness (QED) is 0.899. The van der Waals surface area contributed by atoms with Gasteiger partial charge in [0, 0.05) is 16.6 Å². The maximum absolute atomic E-state index is 11.8. The molecule has 1 heterocycles. The zero-order chi connectivity index (χ0) is 13.1. The van der Waals surface area contributed by atoms with E-state index in [2.05, 4.69) is 5.32 Å². The third-order valence-electron chi connectivity index (χ3n) is 2.20. The lowest BCUT2D eigenvalue weighted by Crippen LogP contribution is -2.23. The molecule has 0 radical (unpaired) electrons. The molecule has 1 amide bonds. The molecule has 0 aliphatic carbocycles. The summed E-state index contributed by atoms with van der Waals surface area (Å²) < 4.78 is 1.55. The summed E-state index contributed by atoms with van der Waals surface area (Å²) in [4.78, 5) is 12.1. The Bertz CT molecular complexity index is 635. The second-order valence-corrected chi connectivity index (χ2v) is 5.25. The fraction of sp³-hybridized carbons (Fsp3) is 0.0909. The first-order valence-electron chi connectivity index (χ1n) is 4.99. The molecule has 2 rings (SSSR count). The Hall–Kier alpha value is -1.30. The van der Waals surface area contributed by atoms with Crippen LogP contribution in [0.25, 0.3) is 0 Å². The number of halogens is 2. The Balaban J connectivity index is 2.08. The third-order valence-corrected chi connectivity index (χ3v) is 3.46. The highest BCUT2D eigenvalue weighted by Gasteiger charge is 2.07. The van der Waals surface area contributed by atoms with E-state index in [1.807, 2.05) is 0 Å². The van der Waals surface area contributed by atoms with E-state index < -0.39 is 0 Å². The molecule has 18 heavy (non-hydrogen) atoms. The summed E-state index contributed by atoms with van der Waals surface area (Å²) >= 11 is 13.0. The van der Waals surface area contributed by atoms with Crippen LogP contribution in [0.2, 0.25) is 10.0 Å². The largest absolute Gasteiger partial charge is 0.323 e. The van der Waals surface area contributed by atoms with Crippen LogP contribution in [0.5, 0.6) is 0 Å².